The Hall–Kier alpha value is -4.08. The van der Waals surface area contributed by atoms with E-state index in [1.54, 1.807) is 11.2 Å². The van der Waals surface area contributed by atoms with Crippen LogP contribution in [-0.4, -0.2) is 71.7 Å². The standard InChI is InChI=1S/C33H40N4O5/c1-25(2)24-41-33(39)36-16-13-35(14-17-36)15-18-37-31-21-29(42-28-8-5-4-6-9-28)12-11-26(31)20-27(32(37)38)22-34(3)23-30-10-7-19-40-30/h4-12,19-21,25H,13-18,22-24H2,1-3H3. The third-order valence-corrected chi connectivity index (χ3v) is 7.38. The highest BCUT2D eigenvalue weighted by Gasteiger charge is 2.23. The number of benzene rings is 2. The van der Waals surface area contributed by atoms with E-state index in [0.29, 0.717) is 57.5 Å². The highest BCUT2D eigenvalue weighted by Crippen LogP contribution is 2.26. The number of rotatable bonds is 11. The lowest BCUT2D eigenvalue weighted by atomic mass is 10.1. The van der Waals surface area contributed by atoms with Gasteiger partial charge >= 0.3 is 6.09 Å². The van der Waals surface area contributed by atoms with Gasteiger partial charge in [0, 0.05) is 57.4 Å². The summed E-state index contributed by atoms with van der Waals surface area (Å²) in [5, 5.41) is 0.981. The van der Waals surface area contributed by atoms with Crippen molar-refractivity contribution in [1.82, 2.24) is 19.3 Å². The molecule has 0 atom stereocenters. The molecule has 42 heavy (non-hydrogen) atoms. The van der Waals surface area contributed by atoms with Crippen LogP contribution in [0.15, 0.2) is 82.2 Å². The van der Waals surface area contributed by atoms with Gasteiger partial charge in [-0.15, -0.1) is 0 Å². The minimum absolute atomic E-state index is 0.0124. The van der Waals surface area contributed by atoms with E-state index in [1.807, 2.05) is 92.2 Å². The summed E-state index contributed by atoms with van der Waals surface area (Å²) in [5.74, 6) is 2.58. The SMILES string of the molecule is CC(C)COC(=O)N1CCN(CCn2c(=O)c(CN(C)Cc3ccco3)cc3ccc(Oc4ccccc4)cc32)CC1. The second-order valence-electron chi connectivity index (χ2n) is 11.3. The summed E-state index contributed by atoms with van der Waals surface area (Å²) in [6.07, 6.45) is 1.42. The molecule has 0 radical (unpaired) electrons. The molecule has 0 unspecified atom stereocenters. The summed E-state index contributed by atoms with van der Waals surface area (Å²) in [4.78, 5) is 32.4. The van der Waals surface area contributed by atoms with Crippen LogP contribution in [0.5, 0.6) is 11.5 Å². The lowest BCUT2D eigenvalue weighted by Gasteiger charge is -2.34. The summed E-state index contributed by atoms with van der Waals surface area (Å²) in [5.41, 5.74) is 1.55. The molecule has 0 N–H and O–H groups in total. The van der Waals surface area contributed by atoms with Crippen molar-refractivity contribution in [3.8, 4) is 11.5 Å². The highest BCUT2D eigenvalue weighted by atomic mass is 16.6. The predicted octanol–water partition coefficient (Wildman–Crippen LogP) is 5.43. The highest BCUT2D eigenvalue weighted by molar-refractivity contribution is 5.81. The molecule has 2 aromatic carbocycles. The largest absolute Gasteiger partial charge is 0.468 e. The number of hydrogen-bond donors (Lipinski definition) is 0. The second-order valence-corrected chi connectivity index (χ2v) is 11.3. The van der Waals surface area contributed by atoms with Gasteiger partial charge in [0.05, 0.1) is 24.9 Å². The Balaban J connectivity index is 1.34. The van der Waals surface area contributed by atoms with E-state index in [0.717, 1.165) is 41.1 Å². The zero-order chi connectivity index (χ0) is 29.5. The number of aromatic nitrogens is 1. The molecule has 1 aliphatic heterocycles. The summed E-state index contributed by atoms with van der Waals surface area (Å²) >= 11 is 0. The molecular formula is C33H40N4O5. The number of piperazine rings is 1. The van der Waals surface area contributed by atoms with Crippen molar-refractivity contribution in [3.63, 3.8) is 0 Å². The monoisotopic (exact) mass is 572 g/mol. The van der Waals surface area contributed by atoms with Gasteiger partial charge < -0.3 is 23.4 Å². The third kappa shape index (κ3) is 7.60. The Bertz CT molecular complexity index is 1510. The maximum Gasteiger partial charge on any atom is 0.409 e. The van der Waals surface area contributed by atoms with Gasteiger partial charge in [-0.05, 0) is 60.8 Å². The molecular weight excluding hydrogens is 532 g/mol. The van der Waals surface area contributed by atoms with Crippen molar-refractivity contribution in [1.29, 1.82) is 0 Å². The molecule has 0 bridgehead atoms. The summed E-state index contributed by atoms with van der Waals surface area (Å²) in [7, 11) is 1.99. The number of carbonyl (C=O) groups excluding carboxylic acids is 1. The molecule has 3 heterocycles. The molecule has 0 aliphatic carbocycles. The maximum absolute atomic E-state index is 13.9. The van der Waals surface area contributed by atoms with Crippen LogP contribution in [0.1, 0.15) is 25.2 Å². The molecule has 1 aliphatic rings. The number of pyridine rings is 1. The van der Waals surface area contributed by atoms with Crippen molar-refractivity contribution in [3.05, 3.63) is 94.7 Å². The molecule has 0 spiro atoms. The van der Waals surface area contributed by atoms with E-state index >= 15 is 0 Å². The molecule has 5 rings (SSSR count). The van der Waals surface area contributed by atoms with Crippen molar-refractivity contribution in [2.24, 2.45) is 5.92 Å². The van der Waals surface area contributed by atoms with Gasteiger partial charge in [-0.25, -0.2) is 4.79 Å². The minimum Gasteiger partial charge on any atom is -0.468 e. The van der Waals surface area contributed by atoms with Gasteiger partial charge in [-0.1, -0.05) is 32.0 Å². The van der Waals surface area contributed by atoms with E-state index in [1.165, 1.54) is 0 Å². The molecule has 0 saturated carbocycles. The molecule has 1 fully saturated rings. The number of furan rings is 1. The van der Waals surface area contributed by atoms with E-state index in [9.17, 15) is 9.59 Å². The molecule has 9 heteroatoms. The van der Waals surface area contributed by atoms with Gasteiger partial charge in [-0.2, -0.15) is 0 Å². The predicted molar refractivity (Wildman–Crippen MR) is 163 cm³/mol. The first kappa shape index (κ1) is 29.4. The lowest BCUT2D eigenvalue weighted by molar-refractivity contribution is 0.0684. The number of amides is 1. The van der Waals surface area contributed by atoms with Crippen LogP contribution < -0.4 is 10.3 Å². The molecule has 1 amide bonds. The van der Waals surface area contributed by atoms with Gasteiger partial charge in [0.15, 0.2) is 0 Å². The number of ether oxygens (including phenoxy) is 2. The van der Waals surface area contributed by atoms with Crippen LogP contribution in [-0.2, 0) is 24.4 Å². The molecule has 1 saturated heterocycles. The van der Waals surface area contributed by atoms with E-state index < -0.39 is 0 Å². The number of fused-ring (bicyclic) bond motifs is 1. The fourth-order valence-corrected chi connectivity index (χ4v) is 5.17. The first-order valence-electron chi connectivity index (χ1n) is 14.6. The quantitative estimate of drug-likeness (QED) is 0.237. The Morgan fingerprint density at radius 3 is 2.43 bits per heavy atom. The number of hydrogen-bond acceptors (Lipinski definition) is 7. The van der Waals surface area contributed by atoms with Crippen LogP contribution in [0.3, 0.4) is 0 Å². The number of nitrogens with zero attached hydrogens (tertiary/aromatic N) is 4. The van der Waals surface area contributed by atoms with Crippen molar-refractivity contribution in [2.45, 2.75) is 33.5 Å². The number of para-hydroxylation sites is 1. The first-order valence-corrected chi connectivity index (χ1v) is 14.6. The Morgan fingerprint density at radius 2 is 1.71 bits per heavy atom. The Kier molecular flexibility index (Phi) is 9.61. The molecule has 9 nitrogen and oxygen atoms in total. The fraction of sp³-hybridized carbons (Fsp3) is 0.394. The zero-order valence-corrected chi connectivity index (χ0v) is 24.7. The van der Waals surface area contributed by atoms with Gasteiger partial charge in [0.1, 0.15) is 17.3 Å². The van der Waals surface area contributed by atoms with Crippen molar-refractivity contribution in [2.75, 3.05) is 46.4 Å². The summed E-state index contributed by atoms with van der Waals surface area (Å²) in [6, 6.07) is 21.3. The van der Waals surface area contributed by atoms with Crippen LogP contribution in [0.2, 0.25) is 0 Å². The van der Waals surface area contributed by atoms with E-state index in [4.69, 9.17) is 13.9 Å². The number of carbonyl (C=O) groups is 1. The molecule has 222 valence electrons. The normalized spacial score (nSPS) is 14.2. The van der Waals surface area contributed by atoms with Gasteiger partial charge in [-0.3, -0.25) is 14.6 Å². The lowest BCUT2D eigenvalue weighted by Crippen LogP contribution is -2.49. The average molecular weight is 573 g/mol. The van der Waals surface area contributed by atoms with Crippen LogP contribution >= 0.6 is 0 Å². The maximum atomic E-state index is 13.9. The molecule has 2 aromatic heterocycles. The zero-order valence-electron chi connectivity index (χ0n) is 24.7. The van der Waals surface area contributed by atoms with Gasteiger partial charge in [0.2, 0.25) is 0 Å². The minimum atomic E-state index is -0.247. The van der Waals surface area contributed by atoms with E-state index in [2.05, 4.69) is 9.80 Å². The average Bonchev–Trinajstić information content (AvgIpc) is 3.50. The summed E-state index contributed by atoms with van der Waals surface area (Å²) < 4.78 is 18.9. The van der Waals surface area contributed by atoms with Crippen LogP contribution in [0.25, 0.3) is 10.9 Å². The Morgan fingerprint density at radius 1 is 0.929 bits per heavy atom. The van der Waals surface area contributed by atoms with Crippen molar-refractivity contribution >= 4 is 17.0 Å². The second kappa shape index (κ2) is 13.7. The molecule has 4 aromatic rings. The summed E-state index contributed by atoms with van der Waals surface area (Å²) in [6.45, 7) is 9.50. The third-order valence-electron chi connectivity index (χ3n) is 7.38. The first-order chi connectivity index (χ1) is 20.4. The van der Waals surface area contributed by atoms with Gasteiger partial charge in [0.25, 0.3) is 5.56 Å². The van der Waals surface area contributed by atoms with Crippen LogP contribution in [0.4, 0.5) is 4.79 Å². The fourth-order valence-electron chi connectivity index (χ4n) is 5.17. The Labute approximate surface area is 246 Å². The van der Waals surface area contributed by atoms with E-state index in [-0.39, 0.29) is 11.7 Å². The van der Waals surface area contributed by atoms with Crippen LogP contribution in [0, 0.1) is 5.92 Å². The van der Waals surface area contributed by atoms with Crippen molar-refractivity contribution < 1.29 is 18.7 Å². The topological polar surface area (TPSA) is 80.4 Å². The smallest absolute Gasteiger partial charge is 0.409 e.